The van der Waals surface area contributed by atoms with E-state index in [-0.39, 0.29) is 19.7 Å². The molecule has 0 saturated carbocycles. The Morgan fingerprint density at radius 3 is 2.50 bits per heavy atom. The van der Waals surface area contributed by atoms with Crippen molar-refractivity contribution in [2.45, 2.75) is 11.4 Å². The van der Waals surface area contributed by atoms with Crippen LogP contribution in [0.1, 0.15) is 5.56 Å². The molecule has 5 nitrogen and oxygen atoms in total. The smallest absolute Gasteiger partial charge is 0.244 e. The van der Waals surface area contributed by atoms with Crippen molar-refractivity contribution < 1.29 is 13.2 Å². The van der Waals surface area contributed by atoms with E-state index in [1.807, 2.05) is 66.7 Å². The first-order valence-electron chi connectivity index (χ1n) is 9.78. The van der Waals surface area contributed by atoms with Gasteiger partial charge >= 0.3 is 0 Å². The predicted molar refractivity (Wildman–Crippen MR) is 117 cm³/mol. The van der Waals surface area contributed by atoms with Crippen LogP contribution >= 0.6 is 0 Å². The number of benzene rings is 3. The highest BCUT2D eigenvalue weighted by molar-refractivity contribution is 7.89. The van der Waals surface area contributed by atoms with E-state index in [4.69, 9.17) is 4.74 Å². The van der Waals surface area contributed by atoms with Gasteiger partial charge in [-0.3, -0.25) is 0 Å². The minimum Gasteiger partial charge on any atom is -0.476 e. The van der Waals surface area contributed by atoms with Gasteiger partial charge in [0.25, 0.3) is 0 Å². The SMILES string of the molecule is O=S(=O)(c1cccc2ccccc12)N1CCOc2nccc(-c3ccccc3)c2C1. The fourth-order valence-corrected chi connectivity index (χ4v) is 5.51. The molecule has 5 rings (SSSR count). The molecular weight excluding hydrogens is 396 g/mol. The average Bonchev–Trinajstić information content (AvgIpc) is 3.02. The van der Waals surface area contributed by atoms with Crippen LogP contribution < -0.4 is 4.74 Å². The zero-order valence-electron chi connectivity index (χ0n) is 16.2. The van der Waals surface area contributed by atoms with Crippen LogP contribution in [0.3, 0.4) is 0 Å². The second kappa shape index (κ2) is 7.55. The lowest BCUT2D eigenvalue weighted by Gasteiger charge is -2.21. The minimum absolute atomic E-state index is 0.207. The number of sulfonamides is 1. The van der Waals surface area contributed by atoms with Gasteiger partial charge in [-0.25, -0.2) is 13.4 Å². The zero-order valence-corrected chi connectivity index (χ0v) is 17.0. The molecule has 0 bridgehead atoms. The van der Waals surface area contributed by atoms with E-state index in [9.17, 15) is 8.42 Å². The van der Waals surface area contributed by atoms with Gasteiger partial charge in [-0.1, -0.05) is 66.7 Å². The Hall–Kier alpha value is -3.22. The molecule has 1 aliphatic heterocycles. The maximum atomic E-state index is 13.7. The second-order valence-electron chi connectivity index (χ2n) is 7.17. The standard InChI is InChI=1S/C24H20N2O3S/c27-30(28,23-12-6-10-19-9-4-5-11-21(19)23)26-15-16-29-24-22(17-26)20(13-14-25-24)18-7-2-1-3-8-18/h1-14H,15-17H2. The normalized spacial score (nSPS) is 14.7. The molecule has 6 heteroatoms. The maximum Gasteiger partial charge on any atom is 0.244 e. The number of nitrogens with zero attached hydrogens (tertiary/aromatic N) is 2. The number of aromatic nitrogens is 1. The Morgan fingerprint density at radius 2 is 1.63 bits per heavy atom. The van der Waals surface area contributed by atoms with Gasteiger partial charge in [0.2, 0.25) is 15.9 Å². The third kappa shape index (κ3) is 3.24. The number of hydrogen-bond acceptors (Lipinski definition) is 4. The summed E-state index contributed by atoms with van der Waals surface area (Å²) in [6.45, 7) is 0.720. The van der Waals surface area contributed by atoms with Gasteiger partial charge in [0.15, 0.2) is 0 Å². The lowest BCUT2D eigenvalue weighted by Crippen LogP contribution is -2.32. The van der Waals surface area contributed by atoms with Gasteiger partial charge in [-0.15, -0.1) is 0 Å². The van der Waals surface area contributed by atoms with Crippen LogP contribution in [0.5, 0.6) is 5.88 Å². The summed E-state index contributed by atoms with van der Waals surface area (Å²) in [4.78, 5) is 4.67. The Morgan fingerprint density at radius 1 is 0.867 bits per heavy atom. The highest BCUT2D eigenvalue weighted by Crippen LogP contribution is 2.34. The zero-order chi connectivity index (χ0) is 20.6. The second-order valence-corrected chi connectivity index (χ2v) is 9.08. The quantitative estimate of drug-likeness (QED) is 0.494. The number of ether oxygens (including phenoxy) is 1. The summed E-state index contributed by atoms with van der Waals surface area (Å²) >= 11 is 0. The van der Waals surface area contributed by atoms with Gasteiger partial charge in [-0.2, -0.15) is 4.31 Å². The number of fused-ring (bicyclic) bond motifs is 2. The number of pyridine rings is 1. The molecule has 0 spiro atoms. The summed E-state index contributed by atoms with van der Waals surface area (Å²) in [7, 11) is -3.73. The van der Waals surface area contributed by atoms with Crippen LogP contribution in [0.15, 0.2) is 90.0 Å². The third-order valence-corrected chi connectivity index (χ3v) is 7.29. The van der Waals surface area contributed by atoms with Crippen molar-refractivity contribution in [3.8, 4) is 17.0 Å². The minimum atomic E-state index is -3.73. The van der Waals surface area contributed by atoms with E-state index >= 15 is 0 Å². The summed E-state index contributed by atoms with van der Waals surface area (Å²) in [5.74, 6) is 0.493. The monoisotopic (exact) mass is 416 g/mol. The first kappa shape index (κ1) is 18.8. The number of hydrogen-bond donors (Lipinski definition) is 0. The van der Waals surface area contributed by atoms with Crippen LogP contribution in [0, 0.1) is 0 Å². The lowest BCUT2D eigenvalue weighted by atomic mass is 10.0. The summed E-state index contributed by atoms with van der Waals surface area (Å²) in [6, 6.07) is 24.7. The van der Waals surface area contributed by atoms with Gasteiger partial charge in [0.05, 0.1) is 4.90 Å². The van der Waals surface area contributed by atoms with Gasteiger partial charge in [-0.05, 0) is 28.6 Å². The molecule has 0 radical (unpaired) electrons. The molecule has 3 aromatic carbocycles. The molecule has 2 heterocycles. The number of rotatable bonds is 3. The molecule has 0 aliphatic carbocycles. The molecule has 0 saturated heterocycles. The third-order valence-electron chi connectivity index (χ3n) is 5.38. The summed E-state index contributed by atoms with van der Waals surface area (Å²) < 4.78 is 34.7. The van der Waals surface area contributed by atoms with Crippen molar-refractivity contribution in [3.05, 3.63) is 90.6 Å². The molecule has 1 aromatic heterocycles. The highest BCUT2D eigenvalue weighted by atomic mass is 32.2. The van der Waals surface area contributed by atoms with Gasteiger partial charge in [0, 0.05) is 30.2 Å². The predicted octanol–water partition coefficient (Wildman–Crippen LogP) is 4.49. The Bertz CT molecular complexity index is 1320. The molecule has 0 N–H and O–H groups in total. The van der Waals surface area contributed by atoms with Crippen molar-refractivity contribution in [3.63, 3.8) is 0 Å². The average molecular weight is 417 g/mol. The topological polar surface area (TPSA) is 59.5 Å². The van der Waals surface area contributed by atoms with Crippen LogP contribution in [0.2, 0.25) is 0 Å². The summed E-state index contributed by atoms with van der Waals surface area (Å²) in [5, 5.41) is 1.62. The Kier molecular flexibility index (Phi) is 4.73. The Balaban J connectivity index is 1.61. The van der Waals surface area contributed by atoms with Crippen LogP contribution in [-0.2, 0) is 16.6 Å². The van der Waals surface area contributed by atoms with E-state index < -0.39 is 10.0 Å². The van der Waals surface area contributed by atoms with Crippen LogP contribution in [0.25, 0.3) is 21.9 Å². The molecule has 150 valence electrons. The van der Waals surface area contributed by atoms with Crippen LogP contribution in [0.4, 0.5) is 0 Å². The van der Waals surface area contributed by atoms with E-state index in [2.05, 4.69) is 4.98 Å². The first-order valence-corrected chi connectivity index (χ1v) is 11.2. The Labute approximate surface area is 175 Å². The van der Waals surface area contributed by atoms with E-state index in [0.717, 1.165) is 27.5 Å². The molecule has 4 aromatic rings. The van der Waals surface area contributed by atoms with E-state index in [0.29, 0.717) is 10.8 Å². The largest absolute Gasteiger partial charge is 0.476 e. The van der Waals surface area contributed by atoms with Gasteiger partial charge < -0.3 is 4.74 Å². The maximum absolute atomic E-state index is 13.7. The summed E-state index contributed by atoms with van der Waals surface area (Å²) in [5.41, 5.74) is 2.72. The van der Waals surface area contributed by atoms with Crippen molar-refractivity contribution in [1.82, 2.24) is 9.29 Å². The fraction of sp³-hybridized carbons (Fsp3) is 0.125. The molecule has 0 fully saturated rings. The van der Waals surface area contributed by atoms with Crippen LogP contribution in [-0.4, -0.2) is 30.9 Å². The molecule has 0 atom stereocenters. The van der Waals surface area contributed by atoms with Gasteiger partial charge in [0.1, 0.15) is 6.61 Å². The van der Waals surface area contributed by atoms with Crippen molar-refractivity contribution >= 4 is 20.8 Å². The molecule has 1 aliphatic rings. The van der Waals surface area contributed by atoms with Crippen molar-refractivity contribution in [2.75, 3.05) is 13.2 Å². The molecule has 30 heavy (non-hydrogen) atoms. The van der Waals surface area contributed by atoms with E-state index in [1.54, 1.807) is 18.3 Å². The highest BCUT2D eigenvalue weighted by Gasteiger charge is 2.30. The lowest BCUT2D eigenvalue weighted by molar-refractivity contribution is 0.285. The van der Waals surface area contributed by atoms with Crippen molar-refractivity contribution in [1.29, 1.82) is 0 Å². The first-order chi connectivity index (χ1) is 14.6. The summed E-state index contributed by atoms with van der Waals surface area (Å²) in [6.07, 6.45) is 1.70. The van der Waals surface area contributed by atoms with E-state index in [1.165, 1.54) is 4.31 Å². The molecular formula is C24H20N2O3S. The molecule has 0 amide bonds. The molecule has 0 unspecified atom stereocenters. The van der Waals surface area contributed by atoms with Crippen molar-refractivity contribution in [2.24, 2.45) is 0 Å². The fourth-order valence-electron chi connectivity index (χ4n) is 3.90.